The first-order valence-corrected chi connectivity index (χ1v) is 9.38. The first-order chi connectivity index (χ1) is 11.5. The Morgan fingerprint density at radius 1 is 1.46 bits per heavy atom. The zero-order valence-electron chi connectivity index (χ0n) is 14.2. The SMILES string of the molecule is CCCc1occc1C(=O)N1CCC(O)(Cc2nc(C)cs2)CC1. The number of aryl methyl sites for hydroxylation is 2. The molecule has 0 aromatic carbocycles. The third-order valence-corrected chi connectivity index (χ3v) is 5.55. The van der Waals surface area contributed by atoms with E-state index in [2.05, 4.69) is 11.9 Å². The summed E-state index contributed by atoms with van der Waals surface area (Å²) < 4.78 is 5.44. The Morgan fingerprint density at radius 3 is 2.83 bits per heavy atom. The lowest BCUT2D eigenvalue weighted by atomic mass is 9.88. The number of carbonyl (C=O) groups is 1. The van der Waals surface area contributed by atoms with Gasteiger partial charge in [-0.25, -0.2) is 4.98 Å². The maximum absolute atomic E-state index is 12.7. The van der Waals surface area contributed by atoms with E-state index >= 15 is 0 Å². The fraction of sp³-hybridized carbons (Fsp3) is 0.556. The molecule has 1 amide bonds. The lowest BCUT2D eigenvalue weighted by Crippen LogP contribution is -2.47. The highest BCUT2D eigenvalue weighted by Crippen LogP contribution is 2.29. The van der Waals surface area contributed by atoms with Crippen molar-refractivity contribution in [3.8, 4) is 0 Å². The van der Waals surface area contributed by atoms with Gasteiger partial charge in [0.2, 0.25) is 0 Å². The third kappa shape index (κ3) is 3.70. The van der Waals surface area contributed by atoms with Gasteiger partial charge in [0.25, 0.3) is 5.91 Å². The van der Waals surface area contributed by atoms with Crippen molar-refractivity contribution < 1.29 is 14.3 Å². The highest BCUT2D eigenvalue weighted by atomic mass is 32.1. The van der Waals surface area contributed by atoms with Crippen molar-refractivity contribution in [2.75, 3.05) is 13.1 Å². The second-order valence-corrected chi connectivity index (χ2v) is 7.53. The Balaban J connectivity index is 1.61. The minimum Gasteiger partial charge on any atom is -0.469 e. The molecule has 2 aromatic rings. The lowest BCUT2D eigenvalue weighted by molar-refractivity contribution is -0.0163. The van der Waals surface area contributed by atoms with Crippen LogP contribution in [-0.2, 0) is 12.8 Å². The second-order valence-electron chi connectivity index (χ2n) is 6.58. The van der Waals surface area contributed by atoms with E-state index in [9.17, 15) is 9.90 Å². The van der Waals surface area contributed by atoms with E-state index < -0.39 is 5.60 Å². The zero-order valence-corrected chi connectivity index (χ0v) is 15.1. The quantitative estimate of drug-likeness (QED) is 0.901. The van der Waals surface area contributed by atoms with E-state index in [0.717, 1.165) is 29.3 Å². The minimum absolute atomic E-state index is 0.0133. The number of thiazole rings is 1. The zero-order chi connectivity index (χ0) is 17.2. The Kier molecular flexibility index (Phi) is 5.06. The smallest absolute Gasteiger partial charge is 0.257 e. The number of piperidine rings is 1. The summed E-state index contributed by atoms with van der Waals surface area (Å²) in [5.74, 6) is 0.779. The van der Waals surface area contributed by atoms with Crippen molar-refractivity contribution in [2.45, 2.75) is 51.6 Å². The van der Waals surface area contributed by atoms with Crippen LogP contribution in [0.15, 0.2) is 22.1 Å². The van der Waals surface area contributed by atoms with Gasteiger partial charge in [0.15, 0.2) is 0 Å². The van der Waals surface area contributed by atoms with Crippen molar-refractivity contribution in [2.24, 2.45) is 0 Å². The molecule has 0 bridgehead atoms. The van der Waals surface area contributed by atoms with Gasteiger partial charge in [-0.15, -0.1) is 11.3 Å². The van der Waals surface area contributed by atoms with Gasteiger partial charge in [-0.2, -0.15) is 0 Å². The molecule has 3 heterocycles. The highest BCUT2D eigenvalue weighted by Gasteiger charge is 2.35. The fourth-order valence-corrected chi connectivity index (χ4v) is 4.10. The molecule has 6 heteroatoms. The predicted octanol–water partition coefficient (Wildman–Crippen LogP) is 3.21. The Morgan fingerprint density at radius 2 is 2.21 bits per heavy atom. The number of likely N-dealkylation sites (tertiary alicyclic amines) is 1. The van der Waals surface area contributed by atoms with Gasteiger partial charge in [-0.05, 0) is 32.3 Å². The fourth-order valence-electron chi connectivity index (χ4n) is 3.19. The van der Waals surface area contributed by atoms with Crippen LogP contribution >= 0.6 is 11.3 Å². The average molecular weight is 348 g/mol. The summed E-state index contributed by atoms with van der Waals surface area (Å²) >= 11 is 1.59. The summed E-state index contributed by atoms with van der Waals surface area (Å²) in [7, 11) is 0. The number of rotatable bonds is 5. The molecule has 5 nitrogen and oxygen atoms in total. The Bertz CT molecular complexity index is 699. The van der Waals surface area contributed by atoms with E-state index in [1.54, 1.807) is 23.7 Å². The maximum Gasteiger partial charge on any atom is 0.257 e. The van der Waals surface area contributed by atoms with E-state index in [0.29, 0.717) is 37.9 Å². The predicted molar refractivity (Wildman–Crippen MR) is 93.3 cm³/mol. The monoisotopic (exact) mass is 348 g/mol. The number of furan rings is 1. The van der Waals surface area contributed by atoms with Crippen LogP contribution < -0.4 is 0 Å². The molecule has 1 N–H and O–H groups in total. The van der Waals surface area contributed by atoms with Crippen molar-refractivity contribution in [1.29, 1.82) is 0 Å². The summed E-state index contributed by atoms with van der Waals surface area (Å²) in [5.41, 5.74) is 0.899. The molecule has 130 valence electrons. The molecule has 0 radical (unpaired) electrons. The molecule has 1 fully saturated rings. The maximum atomic E-state index is 12.7. The molecule has 0 aliphatic carbocycles. The number of aliphatic hydroxyl groups is 1. The number of nitrogens with zero attached hydrogens (tertiary/aromatic N) is 2. The summed E-state index contributed by atoms with van der Waals surface area (Å²) in [6.45, 7) is 5.16. The number of hydrogen-bond acceptors (Lipinski definition) is 5. The molecule has 1 saturated heterocycles. The van der Waals surface area contributed by atoms with Crippen molar-refractivity contribution in [1.82, 2.24) is 9.88 Å². The molecule has 0 unspecified atom stereocenters. The van der Waals surface area contributed by atoms with E-state index in [1.807, 2.05) is 17.2 Å². The Hall–Kier alpha value is -1.66. The van der Waals surface area contributed by atoms with Gasteiger partial charge in [0.05, 0.1) is 22.4 Å². The summed E-state index contributed by atoms with van der Waals surface area (Å²) in [6.07, 6.45) is 5.04. The minimum atomic E-state index is -0.760. The standard InChI is InChI=1S/C18H24N2O3S/c1-3-4-15-14(5-10-23-15)17(21)20-8-6-18(22,7-9-20)11-16-19-13(2)12-24-16/h5,10,12,22H,3-4,6-9,11H2,1-2H3. The molecule has 0 spiro atoms. The van der Waals surface area contributed by atoms with Crippen LogP contribution in [0.5, 0.6) is 0 Å². The molecular weight excluding hydrogens is 324 g/mol. The normalized spacial score (nSPS) is 17.2. The van der Waals surface area contributed by atoms with Gasteiger partial charge in [-0.3, -0.25) is 4.79 Å². The summed E-state index contributed by atoms with van der Waals surface area (Å²) in [4.78, 5) is 19.0. The molecule has 0 saturated carbocycles. The largest absolute Gasteiger partial charge is 0.469 e. The molecular formula is C18H24N2O3S. The highest BCUT2D eigenvalue weighted by molar-refractivity contribution is 7.09. The van der Waals surface area contributed by atoms with Crippen LogP contribution in [0.1, 0.15) is 53.0 Å². The number of aromatic nitrogens is 1. The van der Waals surface area contributed by atoms with E-state index in [-0.39, 0.29) is 5.91 Å². The van der Waals surface area contributed by atoms with Gasteiger partial charge in [-0.1, -0.05) is 6.92 Å². The molecule has 2 aromatic heterocycles. The third-order valence-electron chi connectivity index (χ3n) is 4.58. The van der Waals surface area contributed by atoms with Crippen molar-refractivity contribution in [3.05, 3.63) is 39.7 Å². The number of amides is 1. The van der Waals surface area contributed by atoms with Crippen molar-refractivity contribution >= 4 is 17.2 Å². The second kappa shape index (κ2) is 7.07. The molecule has 24 heavy (non-hydrogen) atoms. The molecule has 1 aliphatic rings. The Labute approximate surface area is 146 Å². The first kappa shape index (κ1) is 17.2. The van der Waals surface area contributed by atoms with Crippen LogP contribution in [0.2, 0.25) is 0 Å². The molecule has 3 rings (SSSR count). The van der Waals surface area contributed by atoms with Gasteiger partial charge >= 0.3 is 0 Å². The lowest BCUT2D eigenvalue weighted by Gasteiger charge is -2.37. The topological polar surface area (TPSA) is 66.6 Å². The molecule has 1 aliphatic heterocycles. The van der Waals surface area contributed by atoms with Crippen LogP contribution in [-0.4, -0.2) is 39.6 Å². The number of carbonyl (C=O) groups excluding carboxylic acids is 1. The van der Waals surface area contributed by atoms with Crippen LogP contribution in [0, 0.1) is 6.92 Å². The van der Waals surface area contributed by atoms with E-state index in [4.69, 9.17) is 4.42 Å². The summed E-state index contributed by atoms with van der Waals surface area (Å²) in [6, 6.07) is 1.76. The summed E-state index contributed by atoms with van der Waals surface area (Å²) in [5, 5.41) is 13.8. The van der Waals surface area contributed by atoms with Crippen LogP contribution in [0.4, 0.5) is 0 Å². The average Bonchev–Trinajstić information content (AvgIpc) is 3.17. The van der Waals surface area contributed by atoms with Gasteiger partial charge < -0.3 is 14.4 Å². The van der Waals surface area contributed by atoms with Crippen LogP contribution in [0.25, 0.3) is 0 Å². The number of hydrogen-bond donors (Lipinski definition) is 1. The van der Waals surface area contributed by atoms with Crippen molar-refractivity contribution in [3.63, 3.8) is 0 Å². The van der Waals surface area contributed by atoms with Gasteiger partial charge in [0.1, 0.15) is 5.76 Å². The molecule has 0 atom stereocenters. The first-order valence-electron chi connectivity index (χ1n) is 8.50. The van der Waals surface area contributed by atoms with Crippen LogP contribution in [0.3, 0.4) is 0 Å². The van der Waals surface area contributed by atoms with E-state index in [1.165, 1.54) is 0 Å². The van der Waals surface area contributed by atoms with Gasteiger partial charge in [0, 0.05) is 37.0 Å².